The molecule has 33 heavy (non-hydrogen) atoms. The number of sulfonamides is 1. The molecule has 1 aromatic rings. The zero-order chi connectivity index (χ0) is 24.0. The Bertz CT molecular complexity index is 906. The number of benzene rings is 1. The summed E-state index contributed by atoms with van der Waals surface area (Å²) in [4.78, 5) is 12.7. The van der Waals surface area contributed by atoms with Crippen LogP contribution in [0.5, 0.6) is 5.75 Å². The van der Waals surface area contributed by atoms with Crippen LogP contribution in [-0.2, 0) is 14.8 Å². The molecule has 1 aromatic carbocycles. The number of halogens is 1. The molecule has 2 aliphatic heterocycles. The maximum atomic E-state index is 13.4. The molecule has 2 fully saturated rings. The van der Waals surface area contributed by atoms with E-state index >= 15 is 0 Å². The summed E-state index contributed by atoms with van der Waals surface area (Å²) in [5.41, 5.74) is 6.02. The Morgan fingerprint density at radius 3 is 2.67 bits per heavy atom. The number of piperidine rings is 1. The van der Waals surface area contributed by atoms with E-state index in [-0.39, 0.29) is 29.5 Å². The molecule has 2 atom stereocenters. The number of carbonyl (C=O) groups is 1. The summed E-state index contributed by atoms with van der Waals surface area (Å²) in [7, 11) is -3.71. The number of rotatable bonds is 8. The smallest absolute Gasteiger partial charge is 0.243 e. The van der Waals surface area contributed by atoms with Gasteiger partial charge < -0.3 is 21.1 Å². The zero-order valence-electron chi connectivity index (χ0n) is 19.6. The van der Waals surface area contributed by atoms with Crippen molar-refractivity contribution in [2.24, 2.45) is 11.7 Å². The standard InChI is InChI=1S/C23H37BrN4O4S/c1-16(2)13-21(25)23(29)27-17-5-3-4-12-28(15-17)33(30,31)19-6-7-22(20(24)14-19)32-18-8-10-26-11-9-18/h6-7,14,16-18,21,26H,3-5,8-13,15,25H2,1-2H3,(H,27,29)/t17?,21-/m0/s1. The van der Waals surface area contributed by atoms with E-state index in [4.69, 9.17) is 10.5 Å². The Hall–Kier alpha value is -1.20. The molecule has 0 radical (unpaired) electrons. The molecule has 0 aromatic heterocycles. The van der Waals surface area contributed by atoms with E-state index in [2.05, 4.69) is 26.6 Å². The highest BCUT2D eigenvalue weighted by atomic mass is 79.9. The first-order chi connectivity index (χ1) is 15.7. The minimum atomic E-state index is -3.71. The van der Waals surface area contributed by atoms with E-state index in [1.165, 1.54) is 4.31 Å². The van der Waals surface area contributed by atoms with Gasteiger partial charge in [-0.25, -0.2) is 8.42 Å². The van der Waals surface area contributed by atoms with Gasteiger partial charge in [0.15, 0.2) is 0 Å². The van der Waals surface area contributed by atoms with Gasteiger partial charge in [-0.1, -0.05) is 20.3 Å². The Kier molecular flexibility index (Phi) is 9.58. The number of hydrogen-bond acceptors (Lipinski definition) is 6. The number of carbonyl (C=O) groups excluding carboxylic acids is 1. The summed E-state index contributed by atoms with van der Waals surface area (Å²) in [5, 5.41) is 6.28. The first kappa shape index (κ1) is 26.4. The molecule has 1 amide bonds. The molecule has 3 rings (SSSR count). The van der Waals surface area contributed by atoms with Gasteiger partial charge in [-0.15, -0.1) is 0 Å². The van der Waals surface area contributed by atoms with Crippen LogP contribution in [0.1, 0.15) is 52.4 Å². The molecule has 10 heteroatoms. The van der Waals surface area contributed by atoms with Crippen molar-refractivity contribution in [1.29, 1.82) is 0 Å². The molecule has 0 spiro atoms. The molecule has 8 nitrogen and oxygen atoms in total. The van der Waals surface area contributed by atoms with Crippen molar-refractivity contribution in [2.45, 2.75) is 75.5 Å². The fourth-order valence-corrected chi connectivity index (χ4v) is 6.52. The van der Waals surface area contributed by atoms with Crippen molar-refractivity contribution in [1.82, 2.24) is 14.9 Å². The van der Waals surface area contributed by atoms with Crippen LogP contribution in [0, 0.1) is 5.92 Å². The highest BCUT2D eigenvalue weighted by Crippen LogP contribution is 2.31. The van der Waals surface area contributed by atoms with E-state index in [0.29, 0.717) is 29.1 Å². The number of nitrogens with two attached hydrogens (primary N) is 1. The minimum Gasteiger partial charge on any atom is -0.489 e. The van der Waals surface area contributed by atoms with Gasteiger partial charge in [0.2, 0.25) is 15.9 Å². The Morgan fingerprint density at radius 2 is 2.00 bits per heavy atom. The summed E-state index contributed by atoms with van der Waals surface area (Å²) in [5.74, 6) is 0.757. The lowest BCUT2D eigenvalue weighted by atomic mass is 10.0. The molecule has 0 saturated carbocycles. The molecule has 2 saturated heterocycles. The topological polar surface area (TPSA) is 114 Å². The van der Waals surface area contributed by atoms with Crippen molar-refractivity contribution in [3.63, 3.8) is 0 Å². The van der Waals surface area contributed by atoms with Crippen LogP contribution in [0.15, 0.2) is 27.6 Å². The molecule has 4 N–H and O–H groups in total. The Labute approximate surface area is 206 Å². The third-order valence-electron chi connectivity index (χ3n) is 6.16. The first-order valence-corrected chi connectivity index (χ1v) is 14.1. The Balaban J connectivity index is 1.68. The highest BCUT2D eigenvalue weighted by Gasteiger charge is 2.31. The number of nitrogens with one attached hydrogen (secondary N) is 2. The summed E-state index contributed by atoms with van der Waals surface area (Å²) in [6.45, 7) is 6.56. The van der Waals surface area contributed by atoms with Crippen molar-refractivity contribution in [3.8, 4) is 5.75 Å². The summed E-state index contributed by atoms with van der Waals surface area (Å²) in [6.07, 6.45) is 4.91. The molecular formula is C23H37BrN4O4S. The highest BCUT2D eigenvalue weighted by molar-refractivity contribution is 9.10. The Morgan fingerprint density at radius 1 is 1.27 bits per heavy atom. The second-order valence-corrected chi connectivity index (χ2v) is 12.3. The van der Waals surface area contributed by atoms with Crippen LogP contribution in [-0.4, -0.2) is 63.0 Å². The van der Waals surface area contributed by atoms with Gasteiger partial charge in [-0.2, -0.15) is 4.31 Å². The average Bonchev–Trinajstić information content (AvgIpc) is 3.01. The maximum Gasteiger partial charge on any atom is 0.243 e. The predicted molar refractivity (Wildman–Crippen MR) is 133 cm³/mol. The van der Waals surface area contributed by atoms with E-state index in [9.17, 15) is 13.2 Å². The monoisotopic (exact) mass is 544 g/mol. The van der Waals surface area contributed by atoms with Crippen LogP contribution < -0.4 is 21.1 Å². The molecule has 0 bridgehead atoms. The normalized spacial score (nSPS) is 22.0. The average molecular weight is 546 g/mol. The lowest BCUT2D eigenvalue weighted by molar-refractivity contribution is -0.123. The fraction of sp³-hybridized carbons (Fsp3) is 0.696. The zero-order valence-corrected chi connectivity index (χ0v) is 22.0. The SMILES string of the molecule is CC(C)C[C@H](N)C(=O)NC1CCCCN(S(=O)(=O)c2ccc(OC3CCNCC3)c(Br)c2)C1. The van der Waals surface area contributed by atoms with Gasteiger partial charge in [-0.3, -0.25) is 4.79 Å². The largest absolute Gasteiger partial charge is 0.489 e. The number of hydrogen-bond donors (Lipinski definition) is 3. The van der Waals surface area contributed by atoms with Gasteiger partial charge >= 0.3 is 0 Å². The summed E-state index contributed by atoms with van der Waals surface area (Å²) < 4.78 is 35.0. The quantitative estimate of drug-likeness (QED) is 0.463. The first-order valence-electron chi connectivity index (χ1n) is 11.9. The van der Waals surface area contributed by atoms with Crippen molar-refractivity contribution in [3.05, 3.63) is 22.7 Å². The van der Waals surface area contributed by atoms with Crippen molar-refractivity contribution in [2.75, 3.05) is 26.2 Å². The second-order valence-electron chi connectivity index (χ2n) is 9.46. The van der Waals surface area contributed by atoms with Crippen molar-refractivity contribution >= 4 is 31.9 Å². The summed E-state index contributed by atoms with van der Waals surface area (Å²) >= 11 is 3.49. The maximum absolute atomic E-state index is 13.4. The molecule has 2 heterocycles. The van der Waals surface area contributed by atoms with Crippen LogP contribution in [0.4, 0.5) is 0 Å². The van der Waals surface area contributed by atoms with Gasteiger partial charge in [0.05, 0.1) is 15.4 Å². The molecular weight excluding hydrogens is 508 g/mol. The molecule has 0 aliphatic carbocycles. The van der Waals surface area contributed by atoms with E-state index in [1.54, 1.807) is 18.2 Å². The van der Waals surface area contributed by atoms with Crippen LogP contribution in [0.3, 0.4) is 0 Å². The van der Waals surface area contributed by atoms with Gasteiger partial charge in [0, 0.05) is 19.1 Å². The lowest BCUT2D eigenvalue weighted by Gasteiger charge is -2.26. The predicted octanol–water partition coefficient (Wildman–Crippen LogP) is 2.61. The lowest BCUT2D eigenvalue weighted by Crippen LogP contribution is -2.50. The third kappa shape index (κ3) is 7.39. The minimum absolute atomic E-state index is 0.127. The fourth-order valence-electron chi connectivity index (χ4n) is 4.35. The van der Waals surface area contributed by atoms with E-state index in [0.717, 1.165) is 45.2 Å². The summed E-state index contributed by atoms with van der Waals surface area (Å²) in [6, 6.07) is 4.11. The molecule has 1 unspecified atom stereocenters. The van der Waals surface area contributed by atoms with Gasteiger partial charge in [0.1, 0.15) is 11.9 Å². The van der Waals surface area contributed by atoms with Gasteiger partial charge in [-0.05, 0) is 85.2 Å². The van der Waals surface area contributed by atoms with Crippen LogP contribution in [0.25, 0.3) is 0 Å². The number of nitrogens with zero attached hydrogens (tertiary/aromatic N) is 1. The van der Waals surface area contributed by atoms with Crippen LogP contribution >= 0.6 is 15.9 Å². The third-order valence-corrected chi connectivity index (χ3v) is 8.64. The van der Waals surface area contributed by atoms with Crippen LogP contribution in [0.2, 0.25) is 0 Å². The van der Waals surface area contributed by atoms with E-state index < -0.39 is 16.1 Å². The number of amides is 1. The van der Waals surface area contributed by atoms with Gasteiger partial charge in [0.25, 0.3) is 0 Å². The van der Waals surface area contributed by atoms with E-state index in [1.807, 2.05) is 13.8 Å². The molecule has 2 aliphatic rings. The second kappa shape index (κ2) is 12.0. The van der Waals surface area contributed by atoms with Crippen molar-refractivity contribution < 1.29 is 17.9 Å². The number of ether oxygens (including phenoxy) is 1. The molecule has 186 valence electrons.